The molecule has 0 aliphatic heterocycles. The second kappa shape index (κ2) is 9.79. The van der Waals surface area contributed by atoms with Crippen LogP contribution in [0.5, 0.6) is 5.75 Å². The van der Waals surface area contributed by atoms with E-state index in [9.17, 15) is 9.59 Å². The van der Waals surface area contributed by atoms with Gasteiger partial charge >= 0.3 is 0 Å². The molecule has 0 radical (unpaired) electrons. The third kappa shape index (κ3) is 6.23. The van der Waals surface area contributed by atoms with Gasteiger partial charge in [0.05, 0.1) is 0 Å². The second-order valence-corrected chi connectivity index (χ2v) is 8.41. The summed E-state index contributed by atoms with van der Waals surface area (Å²) in [4.78, 5) is 26.7. The number of para-hydroxylation sites is 1. The molecule has 1 atom stereocenters. The van der Waals surface area contributed by atoms with Crippen molar-refractivity contribution < 1.29 is 14.3 Å². The number of carbonyl (C=O) groups excluding carboxylic acids is 2. The zero-order chi connectivity index (χ0) is 21.6. The fourth-order valence-electron chi connectivity index (χ4n) is 3.01. The van der Waals surface area contributed by atoms with Crippen LogP contribution in [0.4, 0.5) is 0 Å². The average Bonchev–Trinajstić information content (AvgIpc) is 2.70. The molecule has 2 amide bonds. The van der Waals surface area contributed by atoms with Crippen LogP contribution in [0, 0.1) is 0 Å². The molecule has 0 fully saturated rings. The van der Waals surface area contributed by atoms with E-state index in [0.717, 1.165) is 11.1 Å². The lowest BCUT2D eigenvalue weighted by Crippen LogP contribution is -2.48. The molecule has 5 nitrogen and oxygen atoms in total. The number of ether oxygens (including phenoxy) is 1. The van der Waals surface area contributed by atoms with Crippen molar-refractivity contribution in [3.05, 3.63) is 64.7 Å². The van der Waals surface area contributed by atoms with Crippen molar-refractivity contribution in [1.29, 1.82) is 0 Å². The average molecular weight is 417 g/mol. The molecule has 29 heavy (non-hydrogen) atoms. The summed E-state index contributed by atoms with van der Waals surface area (Å²) >= 11 is 5.95. The molecule has 0 saturated heterocycles. The minimum atomic E-state index is -0.635. The monoisotopic (exact) mass is 416 g/mol. The molecule has 2 aromatic carbocycles. The molecule has 0 heterocycles. The van der Waals surface area contributed by atoms with Crippen molar-refractivity contribution in [2.45, 2.75) is 45.7 Å². The van der Waals surface area contributed by atoms with Crippen molar-refractivity contribution in [2.75, 3.05) is 13.7 Å². The van der Waals surface area contributed by atoms with Crippen LogP contribution in [-0.4, -0.2) is 36.4 Å². The SMILES string of the molecule is CNC(=O)[C@H](C)N(Cc1ccc(Cl)cc1)C(=O)COc1ccccc1C(C)(C)C. The van der Waals surface area contributed by atoms with Crippen LogP contribution < -0.4 is 10.1 Å². The van der Waals surface area contributed by atoms with Gasteiger partial charge in [0.15, 0.2) is 6.61 Å². The fraction of sp³-hybridized carbons (Fsp3) is 0.391. The Morgan fingerprint density at radius 3 is 2.31 bits per heavy atom. The van der Waals surface area contributed by atoms with E-state index in [1.54, 1.807) is 26.1 Å². The van der Waals surface area contributed by atoms with Crippen LogP contribution in [0.25, 0.3) is 0 Å². The summed E-state index contributed by atoms with van der Waals surface area (Å²) in [7, 11) is 1.56. The van der Waals surface area contributed by atoms with Gasteiger partial charge in [0.1, 0.15) is 11.8 Å². The van der Waals surface area contributed by atoms with Crippen LogP contribution >= 0.6 is 11.6 Å². The fourth-order valence-corrected chi connectivity index (χ4v) is 3.14. The summed E-state index contributed by atoms with van der Waals surface area (Å²) in [6.45, 7) is 8.12. The molecule has 0 bridgehead atoms. The summed E-state index contributed by atoms with van der Waals surface area (Å²) in [5.41, 5.74) is 1.79. The predicted molar refractivity (Wildman–Crippen MR) is 116 cm³/mol. The van der Waals surface area contributed by atoms with E-state index in [1.807, 2.05) is 36.4 Å². The summed E-state index contributed by atoms with van der Waals surface area (Å²) in [6, 6.07) is 14.3. The summed E-state index contributed by atoms with van der Waals surface area (Å²) in [6.07, 6.45) is 0. The van der Waals surface area contributed by atoms with Crippen LogP contribution in [-0.2, 0) is 21.5 Å². The number of nitrogens with zero attached hydrogens (tertiary/aromatic N) is 1. The summed E-state index contributed by atoms with van der Waals surface area (Å²) in [5.74, 6) is 0.176. The van der Waals surface area contributed by atoms with Crippen molar-refractivity contribution in [3.8, 4) is 5.75 Å². The van der Waals surface area contributed by atoms with Gasteiger partial charge < -0.3 is 15.0 Å². The van der Waals surface area contributed by atoms with Crippen molar-refractivity contribution in [2.24, 2.45) is 0 Å². The predicted octanol–water partition coefficient (Wildman–Crippen LogP) is 4.18. The number of carbonyl (C=O) groups is 2. The number of benzene rings is 2. The highest BCUT2D eigenvalue weighted by molar-refractivity contribution is 6.30. The summed E-state index contributed by atoms with van der Waals surface area (Å²) < 4.78 is 5.88. The van der Waals surface area contributed by atoms with Crippen molar-refractivity contribution >= 4 is 23.4 Å². The third-order valence-electron chi connectivity index (χ3n) is 4.73. The van der Waals surface area contributed by atoms with Gasteiger partial charge in [-0.1, -0.05) is 62.7 Å². The van der Waals surface area contributed by atoms with Gasteiger partial charge in [0.25, 0.3) is 5.91 Å². The first-order valence-electron chi connectivity index (χ1n) is 9.61. The maximum absolute atomic E-state index is 13.0. The Hall–Kier alpha value is -2.53. The van der Waals surface area contributed by atoms with Gasteiger partial charge in [-0.2, -0.15) is 0 Å². The molecule has 1 N–H and O–H groups in total. The first-order valence-corrected chi connectivity index (χ1v) is 9.99. The Balaban J connectivity index is 2.19. The molecule has 0 aliphatic carbocycles. The lowest BCUT2D eigenvalue weighted by atomic mass is 9.86. The molecule has 156 valence electrons. The molecule has 6 heteroatoms. The van der Waals surface area contributed by atoms with Gasteiger partial charge in [-0.05, 0) is 41.7 Å². The molecule has 2 aromatic rings. The lowest BCUT2D eigenvalue weighted by Gasteiger charge is -2.29. The van der Waals surface area contributed by atoms with E-state index in [2.05, 4.69) is 26.1 Å². The molecule has 0 unspecified atom stereocenters. The molecular formula is C23H29ClN2O3. The van der Waals surface area contributed by atoms with E-state index < -0.39 is 6.04 Å². The van der Waals surface area contributed by atoms with Gasteiger partial charge in [-0.25, -0.2) is 0 Å². The lowest BCUT2D eigenvalue weighted by molar-refractivity contribution is -0.142. The first-order chi connectivity index (χ1) is 13.6. The highest BCUT2D eigenvalue weighted by atomic mass is 35.5. The quantitative estimate of drug-likeness (QED) is 0.736. The maximum atomic E-state index is 13.0. The number of rotatable bonds is 7. The molecule has 0 saturated carbocycles. The second-order valence-electron chi connectivity index (χ2n) is 7.97. The number of hydrogen-bond donors (Lipinski definition) is 1. The Morgan fingerprint density at radius 1 is 1.10 bits per heavy atom. The zero-order valence-corrected chi connectivity index (χ0v) is 18.4. The van der Waals surface area contributed by atoms with E-state index in [4.69, 9.17) is 16.3 Å². The number of halogens is 1. The highest BCUT2D eigenvalue weighted by Crippen LogP contribution is 2.31. The van der Waals surface area contributed by atoms with E-state index >= 15 is 0 Å². The van der Waals surface area contributed by atoms with Gasteiger partial charge in [-0.3, -0.25) is 9.59 Å². The number of nitrogens with one attached hydrogen (secondary N) is 1. The largest absolute Gasteiger partial charge is 0.483 e. The van der Waals surface area contributed by atoms with Crippen LogP contribution in [0.3, 0.4) is 0 Å². The third-order valence-corrected chi connectivity index (χ3v) is 4.98. The van der Waals surface area contributed by atoms with Crippen LogP contribution in [0.15, 0.2) is 48.5 Å². The van der Waals surface area contributed by atoms with Crippen molar-refractivity contribution in [1.82, 2.24) is 10.2 Å². The van der Waals surface area contributed by atoms with Gasteiger partial charge in [-0.15, -0.1) is 0 Å². The highest BCUT2D eigenvalue weighted by Gasteiger charge is 2.26. The summed E-state index contributed by atoms with van der Waals surface area (Å²) in [5, 5.41) is 3.22. The number of amides is 2. The number of hydrogen-bond acceptors (Lipinski definition) is 3. The normalized spacial score (nSPS) is 12.2. The Kier molecular flexibility index (Phi) is 7.68. The minimum absolute atomic E-state index is 0.113. The van der Waals surface area contributed by atoms with Gasteiger partial charge in [0, 0.05) is 18.6 Å². The van der Waals surface area contributed by atoms with Crippen LogP contribution in [0.2, 0.25) is 5.02 Å². The molecular weight excluding hydrogens is 388 g/mol. The Morgan fingerprint density at radius 2 is 1.72 bits per heavy atom. The van der Waals surface area contributed by atoms with E-state index in [0.29, 0.717) is 10.8 Å². The number of likely N-dealkylation sites (N-methyl/N-ethyl adjacent to an activating group) is 1. The maximum Gasteiger partial charge on any atom is 0.261 e. The topological polar surface area (TPSA) is 58.6 Å². The Bertz CT molecular complexity index is 844. The minimum Gasteiger partial charge on any atom is -0.483 e. The standard InChI is InChI=1S/C23H29ClN2O3/c1-16(22(28)25-5)26(14-17-10-12-18(24)13-11-17)21(27)15-29-20-9-7-6-8-19(20)23(2,3)4/h6-13,16H,14-15H2,1-5H3,(H,25,28)/t16-/m0/s1. The zero-order valence-electron chi connectivity index (χ0n) is 17.7. The molecule has 0 aliphatic rings. The first kappa shape index (κ1) is 22.8. The van der Waals surface area contributed by atoms with E-state index in [-0.39, 0.29) is 30.4 Å². The Labute approximate surface area is 178 Å². The molecule has 0 aromatic heterocycles. The van der Waals surface area contributed by atoms with Crippen molar-refractivity contribution in [3.63, 3.8) is 0 Å². The molecule has 0 spiro atoms. The van der Waals surface area contributed by atoms with Crippen LogP contribution in [0.1, 0.15) is 38.8 Å². The van der Waals surface area contributed by atoms with E-state index in [1.165, 1.54) is 4.90 Å². The smallest absolute Gasteiger partial charge is 0.261 e. The van der Waals surface area contributed by atoms with Gasteiger partial charge in [0.2, 0.25) is 5.91 Å². The molecule has 2 rings (SSSR count).